The van der Waals surface area contributed by atoms with Crippen LogP contribution in [-0.4, -0.2) is 92.3 Å². The number of rotatable bonds is 8. The lowest BCUT2D eigenvalue weighted by Gasteiger charge is -2.26. The van der Waals surface area contributed by atoms with Gasteiger partial charge in [0.1, 0.15) is 5.69 Å². The Bertz CT molecular complexity index is 531. The first kappa shape index (κ1) is 18.6. The molecule has 0 aromatic carbocycles. The number of nitrogens with one attached hydrogen (secondary N) is 2. The van der Waals surface area contributed by atoms with Crippen molar-refractivity contribution in [3.05, 3.63) is 17.5 Å². The van der Waals surface area contributed by atoms with Gasteiger partial charge in [0.15, 0.2) is 0 Å². The Morgan fingerprint density at radius 3 is 2.75 bits per heavy atom. The van der Waals surface area contributed by atoms with Gasteiger partial charge in [0.05, 0.1) is 13.2 Å². The second-order valence-electron chi connectivity index (χ2n) is 6.16. The number of hydrogen-bond donors (Lipinski definition) is 2. The van der Waals surface area contributed by atoms with Crippen molar-refractivity contribution >= 4 is 11.9 Å². The molecule has 1 saturated heterocycles. The lowest BCUT2D eigenvalue weighted by atomic mass is 10.3. The highest BCUT2D eigenvalue weighted by Crippen LogP contribution is 2.05. The molecule has 0 spiro atoms. The standard InChI is InChI=1S/C16H28N6O2/c1-13-12-14(20-16(19-13)18-4-6-21(2)3)15(23)17-5-7-22-8-10-24-11-9-22/h12H,4-11H2,1-3H3,(H,17,23)(H,18,19,20). The molecule has 1 amide bonds. The largest absolute Gasteiger partial charge is 0.379 e. The van der Waals surface area contributed by atoms with Crippen LogP contribution >= 0.6 is 0 Å². The Morgan fingerprint density at radius 1 is 1.29 bits per heavy atom. The molecule has 2 rings (SSSR count). The van der Waals surface area contributed by atoms with Crippen molar-refractivity contribution < 1.29 is 9.53 Å². The molecule has 0 atom stereocenters. The normalized spacial score (nSPS) is 15.5. The van der Waals surface area contributed by atoms with Crippen molar-refractivity contribution in [3.8, 4) is 0 Å². The molecule has 0 aliphatic carbocycles. The summed E-state index contributed by atoms with van der Waals surface area (Å²) in [5.74, 6) is 0.333. The zero-order valence-corrected chi connectivity index (χ0v) is 14.8. The zero-order valence-electron chi connectivity index (χ0n) is 14.8. The van der Waals surface area contributed by atoms with Crippen molar-refractivity contribution in [2.45, 2.75) is 6.92 Å². The minimum absolute atomic E-state index is 0.163. The maximum absolute atomic E-state index is 12.3. The van der Waals surface area contributed by atoms with E-state index in [2.05, 4.69) is 30.4 Å². The van der Waals surface area contributed by atoms with E-state index in [1.807, 2.05) is 21.0 Å². The van der Waals surface area contributed by atoms with Crippen molar-refractivity contribution in [1.29, 1.82) is 0 Å². The van der Waals surface area contributed by atoms with E-state index in [1.54, 1.807) is 6.07 Å². The number of nitrogens with zero attached hydrogens (tertiary/aromatic N) is 4. The van der Waals surface area contributed by atoms with E-state index < -0.39 is 0 Å². The summed E-state index contributed by atoms with van der Waals surface area (Å²) >= 11 is 0. The Labute approximate surface area is 143 Å². The van der Waals surface area contributed by atoms with E-state index in [0.29, 0.717) is 18.2 Å². The zero-order chi connectivity index (χ0) is 17.4. The Kier molecular flexibility index (Phi) is 7.36. The highest BCUT2D eigenvalue weighted by Gasteiger charge is 2.13. The minimum atomic E-state index is -0.163. The molecule has 8 nitrogen and oxygen atoms in total. The summed E-state index contributed by atoms with van der Waals surface area (Å²) in [4.78, 5) is 25.3. The predicted octanol–water partition coefficient (Wildman–Crippen LogP) is -0.179. The van der Waals surface area contributed by atoms with E-state index in [1.165, 1.54) is 0 Å². The topological polar surface area (TPSA) is 82.6 Å². The summed E-state index contributed by atoms with van der Waals surface area (Å²) in [6, 6.07) is 1.71. The molecular weight excluding hydrogens is 308 g/mol. The minimum Gasteiger partial charge on any atom is -0.379 e. The SMILES string of the molecule is Cc1cc(C(=O)NCCN2CCOCC2)nc(NCCN(C)C)n1. The van der Waals surface area contributed by atoms with Gasteiger partial charge in [-0.1, -0.05) is 0 Å². The molecule has 1 aromatic heterocycles. The van der Waals surface area contributed by atoms with E-state index in [9.17, 15) is 4.79 Å². The smallest absolute Gasteiger partial charge is 0.270 e. The highest BCUT2D eigenvalue weighted by molar-refractivity contribution is 5.92. The third-order valence-corrected chi connectivity index (χ3v) is 3.75. The Balaban J connectivity index is 1.82. The summed E-state index contributed by atoms with van der Waals surface area (Å²) in [6.45, 7) is 8.27. The van der Waals surface area contributed by atoms with E-state index in [4.69, 9.17) is 4.74 Å². The first-order valence-electron chi connectivity index (χ1n) is 8.37. The molecule has 1 aromatic rings. The lowest BCUT2D eigenvalue weighted by Crippen LogP contribution is -2.41. The average molecular weight is 336 g/mol. The molecule has 1 aliphatic rings. The van der Waals surface area contributed by atoms with Crippen LogP contribution in [0.15, 0.2) is 6.07 Å². The summed E-state index contributed by atoms with van der Waals surface area (Å²) in [7, 11) is 4.01. The molecular formula is C16H28N6O2. The number of anilines is 1. The maximum atomic E-state index is 12.3. The molecule has 1 fully saturated rings. The van der Waals surface area contributed by atoms with E-state index in [0.717, 1.165) is 51.6 Å². The maximum Gasteiger partial charge on any atom is 0.270 e. The van der Waals surface area contributed by atoms with Crippen molar-refractivity contribution in [2.75, 3.05) is 71.9 Å². The van der Waals surface area contributed by atoms with Crippen LogP contribution in [-0.2, 0) is 4.74 Å². The summed E-state index contributed by atoms with van der Waals surface area (Å²) in [5, 5.41) is 6.08. The predicted molar refractivity (Wildman–Crippen MR) is 93.4 cm³/mol. The van der Waals surface area contributed by atoms with Crippen LogP contribution in [0.25, 0.3) is 0 Å². The molecule has 0 saturated carbocycles. The van der Waals surface area contributed by atoms with Gasteiger partial charge in [0, 0.05) is 45.0 Å². The molecule has 134 valence electrons. The molecule has 24 heavy (non-hydrogen) atoms. The van der Waals surface area contributed by atoms with Gasteiger partial charge >= 0.3 is 0 Å². The van der Waals surface area contributed by atoms with Crippen molar-refractivity contribution in [1.82, 2.24) is 25.1 Å². The van der Waals surface area contributed by atoms with Crippen LogP contribution in [0, 0.1) is 6.92 Å². The monoisotopic (exact) mass is 336 g/mol. The Hall–Kier alpha value is -1.77. The van der Waals surface area contributed by atoms with Gasteiger partial charge < -0.3 is 20.3 Å². The third kappa shape index (κ3) is 6.38. The Morgan fingerprint density at radius 2 is 2.04 bits per heavy atom. The number of aryl methyl sites for hydroxylation is 1. The number of amides is 1. The van der Waals surface area contributed by atoms with Crippen LogP contribution in [0.3, 0.4) is 0 Å². The van der Waals surface area contributed by atoms with E-state index in [-0.39, 0.29) is 5.91 Å². The molecule has 0 bridgehead atoms. The van der Waals surface area contributed by atoms with Gasteiger partial charge in [-0.2, -0.15) is 0 Å². The summed E-state index contributed by atoms with van der Waals surface area (Å²) in [5.41, 5.74) is 1.17. The quantitative estimate of drug-likeness (QED) is 0.681. The van der Waals surface area contributed by atoms with E-state index >= 15 is 0 Å². The van der Waals surface area contributed by atoms with Crippen molar-refractivity contribution in [3.63, 3.8) is 0 Å². The fourth-order valence-corrected chi connectivity index (χ4v) is 2.40. The molecule has 2 N–H and O–H groups in total. The molecule has 2 heterocycles. The van der Waals surface area contributed by atoms with Crippen molar-refractivity contribution in [2.24, 2.45) is 0 Å². The fourth-order valence-electron chi connectivity index (χ4n) is 2.40. The number of carbonyl (C=O) groups excluding carboxylic acids is 1. The average Bonchev–Trinajstić information content (AvgIpc) is 2.55. The first-order valence-corrected chi connectivity index (χ1v) is 8.37. The molecule has 8 heteroatoms. The second-order valence-corrected chi connectivity index (χ2v) is 6.16. The van der Waals surface area contributed by atoms with Gasteiger partial charge in [0.25, 0.3) is 5.91 Å². The molecule has 0 radical (unpaired) electrons. The number of morpholine rings is 1. The van der Waals surface area contributed by atoms with Gasteiger partial charge in [-0.15, -0.1) is 0 Å². The first-order chi connectivity index (χ1) is 11.5. The number of likely N-dealkylation sites (N-methyl/N-ethyl adjacent to an activating group) is 1. The van der Waals surface area contributed by atoms with Crippen LogP contribution in [0.5, 0.6) is 0 Å². The van der Waals surface area contributed by atoms with Crippen LogP contribution < -0.4 is 10.6 Å². The van der Waals surface area contributed by atoms with Crippen LogP contribution in [0.1, 0.15) is 16.2 Å². The van der Waals surface area contributed by atoms with Crippen LogP contribution in [0.2, 0.25) is 0 Å². The third-order valence-electron chi connectivity index (χ3n) is 3.75. The summed E-state index contributed by atoms with van der Waals surface area (Å²) in [6.07, 6.45) is 0. The van der Waals surface area contributed by atoms with Gasteiger partial charge in [-0.25, -0.2) is 9.97 Å². The number of aromatic nitrogens is 2. The number of ether oxygens (including phenoxy) is 1. The van der Waals surface area contributed by atoms with Gasteiger partial charge in [0.2, 0.25) is 5.95 Å². The lowest BCUT2D eigenvalue weighted by molar-refractivity contribution is 0.0383. The summed E-state index contributed by atoms with van der Waals surface area (Å²) < 4.78 is 5.31. The van der Waals surface area contributed by atoms with Gasteiger partial charge in [-0.05, 0) is 27.1 Å². The molecule has 1 aliphatic heterocycles. The number of carbonyl (C=O) groups is 1. The number of hydrogen-bond acceptors (Lipinski definition) is 7. The molecule has 0 unspecified atom stereocenters. The fraction of sp³-hybridized carbons (Fsp3) is 0.688. The van der Waals surface area contributed by atoms with Gasteiger partial charge in [-0.3, -0.25) is 9.69 Å². The highest BCUT2D eigenvalue weighted by atomic mass is 16.5. The second kappa shape index (κ2) is 9.51. The van der Waals surface area contributed by atoms with Crippen LogP contribution in [0.4, 0.5) is 5.95 Å².